The van der Waals surface area contributed by atoms with Gasteiger partial charge in [0.2, 0.25) is 0 Å². The topological polar surface area (TPSA) is 28.2 Å². The molecule has 1 aromatic rings. The lowest BCUT2D eigenvalue weighted by Crippen LogP contribution is -2.19. The number of nitrogens with one attached hydrogen (secondary N) is 1. The number of anilines is 1. The van der Waals surface area contributed by atoms with E-state index in [0.29, 0.717) is 24.0 Å². The van der Waals surface area contributed by atoms with Crippen molar-refractivity contribution in [3.05, 3.63) is 23.6 Å². The summed E-state index contributed by atoms with van der Waals surface area (Å²) >= 11 is 0. The maximum Gasteiger partial charge on any atom is 0.170 e. The molecule has 0 radical (unpaired) electrons. The van der Waals surface area contributed by atoms with Crippen LogP contribution in [0.2, 0.25) is 0 Å². The van der Waals surface area contributed by atoms with Crippen molar-refractivity contribution in [3.8, 4) is 0 Å². The number of aromatic nitrogens is 1. The Morgan fingerprint density at radius 3 is 2.87 bits per heavy atom. The first kappa shape index (κ1) is 10.4. The molecule has 82 valence electrons. The third-order valence-corrected chi connectivity index (χ3v) is 2.53. The van der Waals surface area contributed by atoms with Gasteiger partial charge in [-0.05, 0) is 18.9 Å². The fourth-order valence-corrected chi connectivity index (χ4v) is 1.46. The van der Waals surface area contributed by atoms with Crippen molar-refractivity contribution in [1.29, 1.82) is 0 Å². The number of pyridine rings is 1. The molecule has 1 fully saturated rings. The molecule has 1 N–H and O–H groups in total. The number of nitrogens with zero attached hydrogens (tertiary/aromatic N) is 2. The summed E-state index contributed by atoms with van der Waals surface area (Å²) in [6.45, 7) is 0.597. The van der Waals surface area contributed by atoms with Gasteiger partial charge >= 0.3 is 0 Å². The van der Waals surface area contributed by atoms with Crippen LogP contribution in [0.25, 0.3) is 0 Å². The second kappa shape index (κ2) is 4.14. The third-order valence-electron chi connectivity index (χ3n) is 2.53. The lowest BCUT2D eigenvalue weighted by molar-refractivity contribution is 0.580. The van der Waals surface area contributed by atoms with E-state index in [1.807, 2.05) is 0 Å². The molecule has 0 atom stereocenters. The average molecular weight is 209 g/mol. The minimum Gasteiger partial charge on any atom is -0.360 e. The molecule has 1 aliphatic carbocycles. The van der Waals surface area contributed by atoms with Crippen LogP contribution in [0.5, 0.6) is 0 Å². The summed E-state index contributed by atoms with van der Waals surface area (Å²) < 4.78 is 13.8. The van der Waals surface area contributed by atoms with Gasteiger partial charge in [0.25, 0.3) is 0 Å². The molecule has 0 saturated heterocycles. The zero-order valence-corrected chi connectivity index (χ0v) is 9.13. The minimum absolute atomic E-state index is 0.212. The Balaban J connectivity index is 2.11. The number of hydrogen-bond acceptors (Lipinski definition) is 3. The Morgan fingerprint density at radius 1 is 1.53 bits per heavy atom. The first-order valence-electron chi connectivity index (χ1n) is 5.22. The van der Waals surface area contributed by atoms with Crippen molar-refractivity contribution in [2.75, 3.05) is 19.0 Å². The molecule has 0 spiro atoms. The summed E-state index contributed by atoms with van der Waals surface area (Å²) in [5.74, 6) is 0.195. The molecule has 15 heavy (non-hydrogen) atoms. The maximum atomic E-state index is 13.8. The van der Waals surface area contributed by atoms with E-state index in [0.717, 1.165) is 0 Å². The van der Waals surface area contributed by atoms with Gasteiger partial charge in [-0.25, -0.2) is 9.37 Å². The fourth-order valence-electron chi connectivity index (χ4n) is 1.46. The Hall–Kier alpha value is -1.16. The van der Waals surface area contributed by atoms with Crippen LogP contribution in [0.1, 0.15) is 18.4 Å². The Labute approximate surface area is 89.3 Å². The first-order chi connectivity index (χ1) is 7.18. The minimum atomic E-state index is -0.212. The fraction of sp³-hybridized carbons (Fsp3) is 0.545. The normalized spacial score (nSPS) is 15.4. The van der Waals surface area contributed by atoms with Crippen LogP contribution < -0.4 is 10.2 Å². The summed E-state index contributed by atoms with van der Waals surface area (Å²) in [4.78, 5) is 5.69. The van der Waals surface area contributed by atoms with Crippen molar-refractivity contribution < 1.29 is 4.39 Å². The summed E-state index contributed by atoms with van der Waals surface area (Å²) in [5, 5.41) is 3.29. The van der Waals surface area contributed by atoms with Gasteiger partial charge in [-0.2, -0.15) is 0 Å². The molecule has 0 unspecified atom stereocenters. The molecular formula is C11H16FN3. The first-order valence-corrected chi connectivity index (χ1v) is 5.22. The van der Waals surface area contributed by atoms with E-state index in [1.165, 1.54) is 12.8 Å². The van der Waals surface area contributed by atoms with E-state index in [4.69, 9.17) is 0 Å². The summed E-state index contributed by atoms with van der Waals surface area (Å²) in [6.07, 6.45) is 4.09. The molecule has 1 saturated carbocycles. The van der Waals surface area contributed by atoms with Gasteiger partial charge in [-0.15, -0.1) is 0 Å². The van der Waals surface area contributed by atoms with E-state index in [9.17, 15) is 4.39 Å². The van der Waals surface area contributed by atoms with Crippen LogP contribution in [0.4, 0.5) is 10.2 Å². The van der Waals surface area contributed by atoms with Crippen LogP contribution in [0.15, 0.2) is 12.3 Å². The standard InChI is InChI=1S/C11H16FN3/c1-15(2)11-10(12)8(5-6-13-11)7-14-9-3-4-9/h5-6,9,14H,3-4,7H2,1-2H3. The van der Waals surface area contributed by atoms with E-state index >= 15 is 0 Å². The molecule has 1 aliphatic rings. The average Bonchev–Trinajstić information content (AvgIpc) is 2.99. The summed E-state index contributed by atoms with van der Waals surface area (Å²) in [7, 11) is 3.59. The molecule has 0 aliphatic heterocycles. The quantitative estimate of drug-likeness (QED) is 0.815. The lowest BCUT2D eigenvalue weighted by Gasteiger charge is -2.14. The Kier molecular flexibility index (Phi) is 2.86. The lowest BCUT2D eigenvalue weighted by atomic mass is 10.2. The van der Waals surface area contributed by atoms with E-state index in [-0.39, 0.29) is 5.82 Å². The van der Waals surface area contributed by atoms with Crippen LogP contribution in [0, 0.1) is 5.82 Å². The Morgan fingerprint density at radius 2 is 2.27 bits per heavy atom. The van der Waals surface area contributed by atoms with Gasteiger partial charge in [-0.3, -0.25) is 0 Å². The van der Waals surface area contributed by atoms with Crippen LogP contribution in [-0.2, 0) is 6.54 Å². The summed E-state index contributed by atoms with van der Waals surface area (Å²) in [6, 6.07) is 2.33. The molecule has 1 aromatic heterocycles. The van der Waals surface area contributed by atoms with Crippen LogP contribution in [0.3, 0.4) is 0 Å². The number of halogens is 1. The van der Waals surface area contributed by atoms with Crippen molar-refractivity contribution in [3.63, 3.8) is 0 Å². The number of hydrogen-bond donors (Lipinski definition) is 1. The molecule has 0 amide bonds. The van der Waals surface area contributed by atoms with Gasteiger partial charge in [0.1, 0.15) is 0 Å². The third kappa shape index (κ3) is 2.45. The largest absolute Gasteiger partial charge is 0.360 e. The highest BCUT2D eigenvalue weighted by Gasteiger charge is 2.21. The van der Waals surface area contributed by atoms with Gasteiger partial charge in [-0.1, -0.05) is 0 Å². The van der Waals surface area contributed by atoms with E-state index in [2.05, 4.69) is 10.3 Å². The highest BCUT2D eigenvalue weighted by molar-refractivity contribution is 5.41. The molecule has 1 heterocycles. The predicted molar refractivity (Wildman–Crippen MR) is 58.4 cm³/mol. The van der Waals surface area contributed by atoms with Gasteiger partial charge in [0.15, 0.2) is 11.6 Å². The molecule has 0 aromatic carbocycles. The highest BCUT2D eigenvalue weighted by Crippen LogP contribution is 2.21. The van der Waals surface area contributed by atoms with Crippen LogP contribution in [-0.4, -0.2) is 25.1 Å². The second-order valence-electron chi connectivity index (χ2n) is 4.16. The van der Waals surface area contributed by atoms with Crippen molar-refractivity contribution in [1.82, 2.24) is 10.3 Å². The zero-order valence-electron chi connectivity index (χ0n) is 9.13. The maximum absolute atomic E-state index is 13.8. The van der Waals surface area contributed by atoms with Crippen molar-refractivity contribution in [2.45, 2.75) is 25.4 Å². The molecule has 3 nitrogen and oxygen atoms in total. The van der Waals surface area contributed by atoms with Gasteiger partial charge < -0.3 is 10.2 Å². The molecular weight excluding hydrogens is 193 g/mol. The Bertz CT molecular complexity index is 348. The van der Waals surface area contributed by atoms with Gasteiger partial charge in [0.05, 0.1) is 0 Å². The monoisotopic (exact) mass is 209 g/mol. The second-order valence-corrected chi connectivity index (χ2v) is 4.16. The van der Waals surface area contributed by atoms with Crippen molar-refractivity contribution in [2.24, 2.45) is 0 Å². The predicted octanol–water partition coefficient (Wildman–Crippen LogP) is 1.54. The molecule has 0 bridgehead atoms. The smallest absolute Gasteiger partial charge is 0.170 e. The molecule has 2 rings (SSSR count). The van der Waals surface area contributed by atoms with Crippen molar-refractivity contribution >= 4 is 5.82 Å². The van der Waals surface area contributed by atoms with E-state index < -0.39 is 0 Å². The SMILES string of the molecule is CN(C)c1nccc(CNC2CC2)c1F. The zero-order chi connectivity index (χ0) is 10.8. The summed E-state index contributed by atoms with van der Waals surface area (Å²) in [5.41, 5.74) is 0.695. The number of rotatable bonds is 4. The molecule has 4 heteroatoms. The highest BCUT2D eigenvalue weighted by atomic mass is 19.1. The van der Waals surface area contributed by atoms with Crippen LogP contribution >= 0.6 is 0 Å². The van der Waals surface area contributed by atoms with Gasteiger partial charge in [0, 0.05) is 38.4 Å². The van der Waals surface area contributed by atoms with E-state index in [1.54, 1.807) is 31.3 Å².